The van der Waals surface area contributed by atoms with Gasteiger partial charge in [-0.1, -0.05) is 48.5 Å². The molecule has 0 unspecified atom stereocenters. The van der Waals surface area contributed by atoms with Gasteiger partial charge in [0.2, 0.25) is 0 Å². The molecule has 0 radical (unpaired) electrons. The quantitative estimate of drug-likeness (QED) is 0.739. The smallest absolute Gasteiger partial charge is 0.192 e. The van der Waals surface area contributed by atoms with Crippen LogP contribution in [0.3, 0.4) is 0 Å². The van der Waals surface area contributed by atoms with Gasteiger partial charge >= 0.3 is 0 Å². The number of nitrogens with zero attached hydrogens (tertiary/aromatic N) is 1. The van der Waals surface area contributed by atoms with Crippen LogP contribution >= 0.6 is 0 Å². The summed E-state index contributed by atoms with van der Waals surface area (Å²) in [5, 5.41) is 0. The molecule has 0 N–H and O–H groups in total. The van der Waals surface area contributed by atoms with Crippen molar-refractivity contribution in [3.8, 4) is 22.6 Å². The van der Waals surface area contributed by atoms with Crippen LogP contribution in [0.25, 0.3) is 22.6 Å². The van der Waals surface area contributed by atoms with Gasteiger partial charge in [-0.2, -0.15) is 0 Å². The maximum Gasteiger partial charge on any atom is 0.192 e. The minimum absolute atomic E-state index is 0.250. The number of aromatic nitrogens is 1. The van der Waals surface area contributed by atoms with Crippen LogP contribution in [-0.4, -0.2) is 19.7 Å². The van der Waals surface area contributed by atoms with Crippen LogP contribution in [0.4, 0.5) is 0 Å². The zero-order valence-electron chi connectivity index (χ0n) is 12.3. The van der Waals surface area contributed by atoms with Crippen LogP contribution < -0.4 is 0 Å². The fraction of sp³-hybridized carbons (Fsp3) is 0.118. The number of hydrogen-bond acceptors (Lipinski definition) is 4. The number of benzene rings is 2. The first-order valence-electron chi connectivity index (χ1n) is 6.79. The maximum atomic E-state index is 12.0. The first kappa shape index (κ1) is 14.5. The Morgan fingerprint density at radius 1 is 0.955 bits per heavy atom. The van der Waals surface area contributed by atoms with E-state index in [-0.39, 0.29) is 4.90 Å². The SMILES string of the molecule is Cc1nc(-c2ccccc2S(C)(=O)=O)c(-c2ccccc2)o1. The van der Waals surface area contributed by atoms with Crippen molar-refractivity contribution in [1.29, 1.82) is 0 Å². The average Bonchev–Trinajstić information content (AvgIpc) is 2.89. The molecular weight excluding hydrogens is 298 g/mol. The second-order valence-electron chi connectivity index (χ2n) is 5.04. The lowest BCUT2D eigenvalue weighted by Crippen LogP contribution is -2.00. The summed E-state index contributed by atoms with van der Waals surface area (Å²) in [5.74, 6) is 1.08. The van der Waals surface area contributed by atoms with Crippen LogP contribution in [0.2, 0.25) is 0 Å². The monoisotopic (exact) mass is 313 g/mol. The molecule has 0 amide bonds. The summed E-state index contributed by atoms with van der Waals surface area (Å²) < 4.78 is 29.8. The Morgan fingerprint density at radius 3 is 2.27 bits per heavy atom. The molecule has 0 saturated carbocycles. The van der Waals surface area contributed by atoms with Crippen molar-refractivity contribution in [1.82, 2.24) is 4.98 Å². The van der Waals surface area contributed by atoms with E-state index in [0.29, 0.717) is 22.9 Å². The van der Waals surface area contributed by atoms with Gasteiger partial charge in [-0.05, 0) is 6.07 Å². The summed E-state index contributed by atoms with van der Waals surface area (Å²) in [5.41, 5.74) is 1.96. The third kappa shape index (κ3) is 2.67. The summed E-state index contributed by atoms with van der Waals surface area (Å²) >= 11 is 0. The molecule has 0 aliphatic heterocycles. The van der Waals surface area contributed by atoms with Crippen molar-refractivity contribution < 1.29 is 12.8 Å². The van der Waals surface area contributed by atoms with Gasteiger partial charge in [0.15, 0.2) is 21.5 Å². The molecule has 1 heterocycles. The molecule has 4 nitrogen and oxygen atoms in total. The second-order valence-corrected chi connectivity index (χ2v) is 7.03. The van der Waals surface area contributed by atoms with Gasteiger partial charge in [0, 0.05) is 24.3 Å². The van der Waals surface area contributed by atoms with Gasteiger partial charge in [0.25, 0.3) is 0 Å². The van der Waals surface area contributed by atoms with Gasteiger partial charge in [0.05, 0.1) is 4.90 Å². The van der Waals surface area contributed by atoms with Crippen molar-refractivity contribution >= 4 is 9.84 Å². The zero-order chi connectivity index (χ0) is 15.7. The first-order valence-corrected chi connectivity index (χ1v) is 8.68. The van der Waals surface area contributed by atoms with Gasteiger partial charge in [-0.15, -0.1) is 0 Å². The first-order chi connectivity index (χ1) is 10.5. The predicted octanol–water partition coefficient (Wildman–Crippen LogP) is 3.72. The lowest BCUT2D eigenvalue weighted by atomic mass is 10.1. The minimum atomic E-state index is -3.35. The Kier molecular flexibility index (Phi) is 3.58. The molecule has 0 atom stereocenters. The maximum absolute atomic E-state index is 12.0. The fourth-order valence-electron chi connectivity index (χ4n) is 2.38. The minimum Gasteiger partial charge on any atom is -0.440 e. The molecule has 0 saturated heterocycles. The van der Waals surface area contributed by atoms with Crippen LogP contribution in [0.1, 0.15) is 5.89 Å². The Morgan fingerprint density at radius 2 is 1.59 bits per heavy atom. The molecule has 22 heavy (non-hydrogen) atoms. The topological polar surface area (TPSA) is 60.2 Å². The summed E-state index contributed by atoms with van der Waals surface area (Å²) in [6, 6.07) is 16.4. The number of sulfone groups is 1. The number of aryl methyl sites for hydroxylation is 1. The van der Waals surface area contributed by atoms with E-state index in [4.69, 9.17) is 4.42 Å². The second kappa shape index (κ2) is 5.42. The summed E-state index contributed by atoms with van der Waals surface area (Å²) in [7, 11) is -3.35. The predicted molar refractivity (Wildman–Crippen MR) is 85.2 cm³/mol. The van der Waals surface area contributed by atoms with E-state index in [1.807, 2.05) is 30.3 Å². The van der Waals surface area contributed by atoms with Crippen molar-refractivity contribution in [2.45, 2.75) is 11.8 Å². The highest BCUT2D eigenvalue weighted by Gasteiger charge is 2.21. The normalized spacial score (nSPS) is 11.5. The van der Waals surface area contributed by atoms with Crippen molar-refractivity contribution in [3.63, 3.8) is 0 Å². The van der Waals surface area contributed by atoms with Gasteiger partial charge in [-0.3, -0.25) is 0 Å². The van der Waals surface area contributed by atoms with Crippen LogP contribution in [-0.2, 0) is 9.84 Å². The van der Waals surface area contributed by atoms with E-state index in [1.54, 1.807) is 31.2 Å². The van der Waals surface area contributed by atoms with Gasteiger partial charge < -0.3 is 4.42 Å². The molecular formula is C17H15NO3S. The summed E-state index contributed by atoms with van der Waals surface area (Å²) in [6.45, 7) is 1.75. The molecule has 3 aromatic rings. The van der Waals surface area contributed by atoms with Crippen LogP contribution in [0.15, 0.2) is 63.9 Å². The lowest BCUT2D eigenvalue weighted by Gasteiger charge is -2.07. The Balaban J connectivity index is 2.28. The Labute approximate surface area is 129 Å². The molecule has 1 aromatic heterocycles. The Hall–Kier alpha value is -2.40. The number of rotatable bonds is 3. The standard InChI is InChI=1S/C17H15NO3S/c1-12-18-16(17(21-12)13-8-4-3-5-9-13)14-10-6-7-11-15(14)22(2,19)20/h3-11H,1-2H3. The van der Waals surface area contributed by atoms with E-state index in [2.05, 4.69) is 4.98 Å². The molecule has 2 aromatic carbocycles. The third-order valence-electron chi connectivity index (χ3n) is 3.31. The average molecular weight is 313 g/mol. The van der Waals surface area contributed by atoms with E-state index >= 15 is 0 Å². The highest BCUT2D eigenvalue weighted by molar-refractivity contribution is 7.90. The zero-order valence-corrected chi connectivity index (χ0v) is 13.1. The number of hydrogen-bond donors (Lipinski definition) is 0. The van der Waals surface area contributed by atoms with Crippen molar-refractivity contribution in [3.05, 3.63) is 60.5 Å². The molecule has 112 valence electrons. The third-order valence-corrected chi connectivity index (χ3v) is 4.47. The molecule has 0 spiro atoms. The largest absolute Gasteiger partial charge is 0.440 e. The van der Waals surface area contributed by atoms with E-state index < -0.39 is 9.84 Å². The molecule has 0 aliphatic rings. The highest BCUT2D eigenvalue weighted by Crippen LogP contribution is 2.35. The molecule has 0 aliphatic carbocycles. The fourth-order valence-corrected chi connectivity index (χ4v) is 3.27. The van der Waals surface area contributed by atoms with Crippen LogP contribution in [0, 0.1) is 6.92 Å². The van der Waals surface area contributed by atoms with Crippen LogP contribution in [0.5, 0.6) is 0 Å². The summed E-state index contributed by atoms with van der Waals surface area (Å²) in [4.78, 5) is 4.65. The molecule has 0 fully saturated rings. The van der Waals surface area contributed by atoms with E-state index in [1.165, 1.54) is 6.26 Å². The lowest BCUT2D eigenvalue weighted by molar-refractivity contribution is 0.534. The van der Waals surface area contributed by atoms with Crippen molar-refractivity contribution in [2.75, 3.05) is 6.26 Å². The highest BCUT2D eigenvalue weighted by atomic mass is 32.2. The van der Waals surface area contributed by atoms with E-state index in [9.17, 15) is 8.42 Å². The van der Waals surface area contributed by atoms with Crippen molar-refractivity contribution in [2.24, 2.45) is 0 Å². The Bertz CT molecular complexity index is 912. The van der Waals surface area contributed by atoms with Gasteiger partial charge in [-0.25, -0.2) is 13.4 Å². The van der Waals surface area contributed by atoms with E-state index in [0.717, 1.165) is 5.56 Å². The molecule has 3 rings (SSSR count). The summed E-state index contributed by atoms with van der Waals surface area (Å²) in [6.07, 6.45) is 1.20. The van der Waals surface area contributed by atoms with Gasteiger partial charge in [0.1, 0.15) is 5.69 Å². The molecule has 5 heteroatoms. The molecule has 0 bridgehead atoms. The number of oxazole rings is 1.